The zero-order chi connectivity index (χ0) is 18.2. The number of nitrogens with zero attached hydrogens (tertiary/aromatic N) is 2. The quantitative estimate of drug-likeness (QED) is 0.641. The number of benzene rings is 2. The average molecular weight is 349 g/mol. The van der Waals surface area contributed by atoms with Crippen molar-refractivity contribution in [2.75, 3.05) is 18.5 Å². The van der Waals surface area contributed by atoms with E-state index < -0.39 is 6.10 Å². The van der Waals surface area contributed by atoms with Crippen molar-refractivity contribution in [3.63, 3.8) is 0 Å². The van der Waals surface area contributed by atoms with Gasteiger partial charge in [0.15, 0.2) is 0 Å². The normalized spacial score (nSPS) is 11.8. The van der Waals surface area contributed by atoms with Crippen LogP contribution in [0.1, 0.15) is 25.0 Å². The van der Waals surface area contributed by atoms with Crippen LogP contribution < -0.4 is 10.1 Å². The molecule has 5 heteroatoms. The van der Waals surface area contributed by atoms with Crippen molar-refractivity contribution in [1.82, 2.24) is 9.97 Å². The standard InChI is InChI=1S/C21H23N3O2/c1-2-11-26-18-10-6-9-17(12-18)19-13-21(24-15-23-19)22-14-20(25)16-7-4-3-5-8-16/h3-10,12-13,15,20,25H,2,11,14H2,1H3,(H,22,23,24)/t20-/m0/s1. The molecule has 0 unspecified atom stereocenters. The number of aromatic nitrogens is 2. The summed E-state index contributed by atoms with van der Waals surface area (Å²) in [6.45, 7) is 3.15. The van der Waals surface area contributed by atoms with E-state index in [0.29, 0.717) is 19.0 Å². The SMILES string of the molecule is CCCOc1cccc(-c2cc(NC[C@H](O)c3ccccc3)ncn2)c1. The molecule has 0 spiro atoms. The molecule has 0 fully saturated rings. The Morgan fingerprint density at radius 3 is 2.69 bits per heavy atom. The second-order valence-electron chi connectivity index (χ2n) is 5.97. The van der Waals surface area contributed by atoms with Crippen LogP contribution >= 0.6 is 0 Å². The predicted octanol–water partition coefficient (Wildman–Crippen LogP) is 4.08. The fraction of sp³-hybridized carbons (Fsp3) is 0.238. The van der Waals surface area contributed by atoms with Crippen LogP contribution in [0.2, 0.25) is 0 Å². The summed E-state index contributed by atoms with van der Waals surface area (Å²) in [5.41, 5.74) is 2.64. The highest BCUT2D eigenvalue weighted by molar-refractivity contribution is 5.63. The fourth-order valence-corrected chi connectivity index (χ4v) is 2.57. The summed E-state index contributed by atoms with van der Waals surface area (Å²) in [5.74, 6) is 1.50. The van der Waals surface area contributed by atoms with Crippen LogP contribution in [0.3, 0.4) is 0 Å². The Labute approximate surface area is 153 Å². The first kappa shape index (κ1) is 17.9. The Balaban J connectivity index is 1.68. The van der Waals surface area contributed by atoms with Gasteiger partial charge in [0, 0.05) is 18.2 Å². The van der Waals surface area contributed by atoms with E-state index in [2.05, 4.69) is 22.2 Å². The van der Waals surface area contributed by atoms with E-state index in [-0.39, 0.29) is 0 Å². The highest BCUT2D eigenvalue weighted by Crippen LogP contribution is 2.24. The molecular formula is C21H23N3O2. The molecular weight excluding hydrogens is 326 g/mol. The van der Waals surface area contributed by atoms with Gasteiger partial charge < -0.3 is 15.2 Å². The summed E-state index contributed by atoms with van der Waals surface area (Å²) in [5, 5.41) is 13.4. The molecule has 0 aliphatic rings. The van der Waals surface area contributed by atoms with Crippen LogP contribution in [-0.4, -0.2) is 28.2 Å². The molecule has 0 amide bonds. The molecule has 1 atom stereocenters. The number of anilines is 1. The smallest absolute Gasteiger partial charge is 0.130 e. The Kier molecular flexibility index (Phi) is 6.17. The first-order chi connectivity index (χ1) is 12.8. The summed E-state index contributed by atoms with van der Waals surface area (Å²) in [4.78, 5) is 8.59. The molecule has 2 N–H and O–H groups in total. The molecule has 3 rings (SSSR count). The highest BCUT2D eigenvalue weighted by Gasteiger charge is 2.08. The van der Waals surface area contributed by atoms with Crippen LogP contribution in [0.4, 0.5) is 5.82 Å². The van der Waals surface area contributed by atoms with Gasteiger partial charge in [0.25, 0.3) is 0 Å². The number of ether oxygens (including phenoxy) is 1. The molecule has 0 bridgehead atoms. The van der Waals surface area contributed by atoms with Crippen molar-refractivity contribution in [2.24, 2.45) is 0 Å². The topological polar surface area (TPSA) is 67.3 Å². The Morgan fingerprint density at radius 1 is 1.04 bits per heavy atom. The van der Waals surface area contributed by atoms with Crippen molar-refractivity contribution in [3.05, 3.63) is 72.6 Å². The molecule has 0 aliphatic heterocycles. The molecule has 5 nitrogen and oxygen atoms in total. The summed E-state index contributed by atoms with van der Waals surface area (Å²) < 4.78 is 5.68. The minimum absolute atomic E-state index is 0.375. The van der Waals surface area contributed by atoms with Gasteiger partial charge in [-0.15, -0.1) is 0 Å². The second kappa shape index (κ2) is 8.97. The van der Waals surface area contributed by atoms with Gasteiger partial charge in [-0.3, -0.25) is 0 Å². The summed E-state index contributed by atoms with van der Waals surface area (Å²) >= 11 is 0. The maximum Gasteiger partial charge on any atom is 0.130 e. The van der Waals surface area contributed by atoms with E-state index >= 15 is 0 Å². The summed E-state index contributed by atoms with van der Waals surface area (Å²) in [7, 11) is 0. The second-order valence-corrected chi connectivity index (χ2v) is 5.97. The first-order valence-corrected chi connectivity index (χ1v) is 8.78. The maximum absolute atomic E-state index is 10.3. The van der Waals surface area contributed by atoms with Gasteiger partial charge in [-0.2, -0.15) is 0 Å². The maximum atomic E-state index is 10.3. The molecule has 0 saturated carbocycles. The van der Waals surface area contributed by atoms with E-state index in [1.807, 2.05) is 60.7 Å². The third-order valence-electron chi connectivity index (χ3n) is 3.93. The minimum atomic E-state index is -0.597. The number of nitrogens with one attached hydrogen (secondary N) is 1. The van der Waals surface area contributed by atoms with Crippen LogP contribution in [-0.2, 0) is 0 Å². The van der Waals surface area contributed by atoms with Gasteiger partial charge in [-0.05, 0) is 24.1 Å². The minimum Gasteiger partial charge on any atom is -0.494 e. The van der Waals surface area contributed by atoms with Gasteiger partial charge in [0.2, 0.25) is 0 Å². The Bertz CT molecular complexity index is 824. The number of rotatable bonds is 8. The van der Waals surface area contributed by atoms with E-state index in [1.165, 1.54) is 6.33 Å². The van der Waals surface area contributed by atoms with Crippen molar-refractivity contribution < 1.29 is 9.84 Å². The Morgan fingerprint density at radius 2 is 1.88 bits per heavy atom. The first-order valence-electron chi connectivity index (χ1n) is 8.78. The number of hydrogen-bond acceptors (Lipinski definition) is 5. The van der Waals surface area contributed by atoms with Gasteiger partial charge in [-0.25, -0.2) is 9.97 Å². The molecule has 3 aromatic rings. The van der Waals surface area contributed by atoms with Crippen molar-refractivity contribution in [1.29, 1.82) is 0 Å². The zero-order valence-corrected chi connectivity index (χ0v) is 14.8. The van der Waals surface area contributed by atoms with Gasteiger partial charge >= 0.3 is 0 Å². The van der Waals surface area contributed by atoms with Crippen LogP contribution in [0.5, 0.6) is 5.75 Å². The number of hydrogen-bond donors (Lipinski definition) is 2. The molecule has 1 aromatic heterocycles. The summed E-state index contributed by atoms with van der Waals surface area (Å²) in [6.07, 6.45) is 1.89. The number of aliphatic hydroxyl groups is 1. The van der Waals surface area contributed by atoms with E-state index in [4.69, 9.17) is 4.74 Å². The molecule has 2 aromatic carbocycles. The van der Waals surface area contributed by atoms with Gasteiger partial charge in [0.05, 0.1) is 18.4 Å². The molecule has 26 heavy (non-hydrogen) atoms. The zero-order valence-electron chi connectivity index (χ0n) is 14.8. The number of aliphatic hydroxyl groups excluding tert-OH is 1. The van der Waals surface area contributed by atoms with Crippen molar-refractivity contribution in [3.8, 4) is 17.0 Å². The Hall–Kier alpha value is -2.92. The lowest BCUT2D eigenvalue weighted by molar-refractivity contribution is 0.191. The highest BCUT2D eigenvalue weighted by atomic mass is 16.5. The van der Waals surface area contributed by atoms with Gasteiger partial charge in [-0.1, -0.05) is 49.4 Å². The third kappa shape index (κ3) is 4.80. The van der Waals surface area contributed by atoms with Crippen LogP contribution in [0.15, 0.2) is 67.0 Å². The van der Waals surface area contributed by atoms with Crippen molar-refractivity contribution >= 4 is 5.82 Å². The predicted molar refractivity (Wildman–Crippen MR) is 103 cm³/mol. The van der Waals surface area contributed by atoms with E-state index in [9.17, 15) is 5.11 Å². The molecule has 134 valence electrons. The molecule has 0 saturated heterocycles. The third-order valence-corrected chi connectivity index (χ3v) is 3.93. The lowest BCUT2D eigenvalue weighted by Gasteiger charge is -2.13. The molecule has 0 aliphatic carbocycles. The average Bonchev–Trinajstić information content (AvgIpc) is 2.71. The van der Waals surface area contributed by atoms with Crippen LogP contribution in [0, 0.1) is 0 Å². The largest absolute Gasteiger partial charge is 0.494 e. The van der Waals surface area contributed by atoms with E-state index in [0.717, 1.165) is 29.0 Å². The van der Waals surface area contributed by atoms with Crippen LogP contribution in [0.25, 0.3) is 11.3 Å². The lowest BCUT2D eigenvalue weighted by atomic mass is 10.1. The van der Waals surface area contributed by atoms with E-state index in [1.54, 1.807) is 0 Å². The molecule has 0 radical (unpaired) electrons. The molecule has 1 heterocycles. The fourth-order valence-electron chi connectivity index (χ4n) is 2.57. The lowest BCUT2D eigenvalue weighted by Crippen LogP contribution is -2.13. The summed E-state index contributed by atoms with van der Waals surface area (Å²) in [6, 6.07) is 19.3. The monoisotopic (exact) mass is 349 g/mol. The van der Waals surface area contributed by atoms with Crippen molar-refractivity contribution in [2.45, 2.75) is 19.4 Å². The van der Waals surface area contributed by atoms with Gasteiger partial charge in [0.1, 0.15) is 17.9 Å².